The molecule has 0 saturated heterocycles. The van der Waals surface area contributed by atoms with Crippen molar-refractivity contribution in [3.05, 3.63) is 23.1 Å². The summed E-state index contributed by atoms with van der Waals surface area (Å²) in [6, 6.07) is 1.57. The van der Waals surface area contributed by atoms with Crippen LogP contribution in [0.3, 0.4) is 0 Å². The highest BCUT2D eigenvalue weighted by Gasteiger charge is 2.13. The van der Waals surface area contributed by atoms with Gasteiger partial charge in [0.1, 0.15) is 11.0 Å². The van der Waals surface area contributed by atoms with Gasteiger partial charge in [-0.1, -0.05) is 11.6 Å². The van der Waals surface area contributed by atoms with E-state index >= 15 is 0 Å². The Labute approximate surface area is 77.6 Å². The highest BCUT2D eigenvalue weighted by Crippen LogP contribution is 2.16. The van der Waals surface area contributed by atoms with Crippen LogP contribution in [0.2, 0.25) is 5.15 Å². The van der Waals surface area contributed by atoms with Gasteiger partial charge in [0, 0.05) is 22.8 Å². The molecule has 0 unspecified atom stereocenters. The van der Waals surface area contributed by atoms with E-state index in [0.717, 1.165) is 6.07 Å². The highest BCUT2D eigenvalue weighted by atomic mass is 35.7. The molecule has 0 N–H and O–H groups in total. The van der Waals surface area contributed by atoms with Gasteiger partial charge >= 0.3 is 0 Å². The van der Waals surface area contributed by atoms with Gasteiger partial charge < -0.3 is 0 Å². The highest BCUT2D eigenvalue weighted by molar-refractivity contribution is 8.13. The molecule has 0 aliphatic carbocycles. The summed E-state index contributed by atoms with van der Waals surface area (Å²) >= 11 is 5.28. The zero-order valence-electron chi connectivity index (χ0n) is 5.46. The lowest BCUT2D eigenvalue weighted by atomic mass is 10.5. The topological polar surface area (TPSA) is 47.0 Å². The molecule has 3 nitrogen and oxygen atoms in total. The molecule has 0 atom stereocenters. The first-order valence-corrected chi connectivity index (χ1v) is 5.36. The number of hydrogen-bond acceptors (Lipinski definition) is 3. The Bertz CT molecular complexity index is 386. The minimum absolute atomic E-state index is 0.255. The van der Waals surface area contributed by atoms with Crippen LogP contribution in [0.15, 0.2) is 17.2 Å². The number of halogens is 3. The molecule has 0 bridgehead atoms. The van der Waals surface area contributed by atoms with E-state index in [2.05, 4.69) is 4.98 Å². The molecule has 66 valence electrons. The second-order valence-corrected chi connectivity index (χ2v) is 4.78. The molecule has 1 aromatic heterocycles. The molecule has 0 amide bonds. The Morgan fingerprint density at radius 3 is 2.42 bits per heavy atom. The lowest BCUT2D eigenvalue weighted by Crippen LogP contribution is -1.96. The van der Waals surface area contributed by atoms with Crippen molar-refractivity contribution in [2.75, 3.05) is 0 Å². The molecule has 1 heterocycles. The van der Waals surface area contributed by atoms with Gasteiger partial charge in [-0.2, -0.15) is 0 Å². The first kappa shape index (κ1) is 9.70. The maximum atomic E-state index is 12.5. The average Bonchev–Trinajstić information content (AvgIpc) is 1.82. The molecule has 0 aliphatic heterocycles. The van der Waals surface area contributed by atoms with Gasteiger partial charge in [0.15, 0.2) is 5.03 Å². The Morgan fingerprint density at radius 1 is 1.42 bits per heavy atom. The fourth-order valence-corrected chi connectivity index (χ4v) is 1.51. The smallest absolute Gasteiger partial charge is 0.223 e. The predicted octanol–water partition coefficient (Wildman–Crippen LogP) is 1.80. The summed E-state index contributed by atoms with van der Waals surface area (Å²) in [5.74, 6) is -0.797. The zero-order valence-corrected chi connectivity index (χ0v) is 7.79. The molecule has 0 aromatic carbocycles. The summed E-state index contributed by atoms with van der Waals surface area (Å²) in [6.45, 7) is 0. The van der Waals surface area contributed by atoms with Crippen molar-refractivity contribution < 1.29 is 12.8 Å². The lowest BCUT2D eigenvalue weighted by molar-refractivity contribution is 0.596. The van der Waals surface area contributed by atoms with E-state index in [1.807, 2.05) is 0 Å². The zero-order chi connectivity index (χ0) is 9.35. The fourth-order valence-electron chi connectivity index (χ4n) is 0.568. The van der Waals surface area contributed by atoms with Gasteiger partial charge in [0.05, 0.1) is 0 Å². The van der Waals surface area contributed by atoms with Crippen LogP contribution < -0.4 is 0 Å². The molecule has 1 rings (SSSR count). The number of aromatic nitrogens is 1. The maximum Gasteiger partial charge on any atom is 0.278 e. The van der Waals surface area contributed by atoms with Crippen molar-refractivity contribution in [2.45, 2.75) is 5.03 Å². The third-order valence-corrected chi connectivity index (χ3v) is 2.36. The van der Waals surface area contributed by atoms with Crippen LogP contribution in [0.1, 0.15) is 0 Å². The van der Waals surface area contributed by atoms with Gasteiger partial charge in [-0.15, -0.1) is 0 Å². The van der Waals surface area contributed by atoms with Crippen LogP contribution in [0, 0.1) is 5.82 Å². The monoisotopic (exact) mass is 229 g/mol. The van der Waals surface area contributed by atoms with Crippen molar-refractivity contribution in [1.29, 1.82) is 0 Å². The van der Waals surface area contributed by atoms with E-state index in [1.54, 1.807) is 0 Å². The minimum Gasteiger partial charge on any atom is -0.223 e. The van der Waals surface area contributed by atoms with Crippen LogP contribution >= 0.6 is 22.3 Å². The quantitative estimate of drug-likeness (QED) is 0.545. The summed E-state index contributed by atoms with van der Waals surface area (Å²) < 4.78 is 33.7. The summed E-state index contributed by atoms with van der Waals surface area (Å²) in [4.78, 5) is 3.31. The number of pyridine rings is 1. The van der Waals surface area contributed by atoms with Crippen molar-refractivity contribution in [3.63, 3.8) is 0 Å². The van der Waals surface area contributed by atoms with Gasteiger partial charge in [-0.25, -0.2) is 17.8 Å². The SMILES string of the molecule is O=S(=O)(Cl)c1cc(F)cc(Cl)n1. The Balaban J connectivity index is 3.37. The molecule has 12 heavy (non-hydrogen) atoms. The van der Waals surface area contributed by atoms with Crippen molar-refractivity contribution in [3.8, 4) is 0 Å². The molecule has 7 heteroatoms. The first-order chi connectivity index (χ1) is 5.39. The van der Waals surface area contributed by atoms with Gasteiger partial charge in [-0.3, -0.25) is 0 Å². The predicted molar refractivity (Wildman–Crippen MR) is 42.2 cm³/mol. The maximum absolute atomic E-state index is 12.5. The van der Waals surface area contributed by atoms with Crippen molar-refractivity contribution in [2.24, 2.45) is 0 Å². The Hall–Kier alpha value is -0.390. The first-order valence-electron chi connectivity index (χ1n) is 2.67. The van der Waals surface area contributed by atoms with Gasteiger partial charge in [0.25, 0.3) is 9.05 Å². The molecular formula is C5H2Cl2FNO2S. The van der Waals surface area contributed by atoms with Gasteiger partial charge in [0.2, 0.25) is 0 Å². The lowest BCUT2D eigenvalue weighted by Gasteiger charge is -1.95. The number of rotatable bonds is 1. The van der Waals surface area contributed by atoms with E-state index in [-0.39, 0.29) is 5.15 Å². The normalized spacial score (nSPS) is 11.6. The minimum atomic E-state index is -4.01. The third kappa shape index (κ3) is 2.30. The van der Waals surface area contributed by atoms with Crippen molar-refractivity contribution in [1.82, 2.24) is 4.98 Å². The van der Waals surface area contributed by atoms with E-state index in [4.69, 9.17) is 22.3 Å². The summed E-state index contributed by atoms with van der Waals surface area (Å²) in [5, 5.41) is -0.844. The number of hydrogen-bond donors (Lipinski definition) is 0. The van der Waals surface area contributed by atoms with Crippen LogP contribution in [0.4, 0.5) is 4.39 Å². The average molecular weight is 230 g/mol. The second kappa shape index (κ2) is 3.16. The third-order valence-electron chi connectivity index (χ3n) is 0.985. The van der Waals surface area contributed by atoms with Crippen LogP contribution in [-0.2, 0) is 9.05 Å². The van der Waals surface area contributed by atoms with Crippen LogP contribution in [0.25, 0.3) is 0 Å². The molecule has 0 spiro atoms. The standard InChI is InChI=1S/C5H2Cl2FNO2S/c6-4-1-3(8)2-5(9-4)12(7,10)11/h1-2H. The molecule has 0 aliphatic rings. The Kier molecular flexibility index (Phi) is 2.55. The molecule has 0 fully saturated rings. The van der Waals surface area contributed by atoms with E-state index in [0.29, 0.717) is 6.07 Å². The van der Waals surface area contributed by atoms with Crippen molar-refractivity contribution >= 4 is 31.3 Å². The fraction of sp³-hybridized carbons (Fsp3) is 0. The second-order valence-electron chi connectivity index (χ2n) is 1.88. The van der Waals surface area contributed by atoms with E-state index < -0.39 is 19.9 Å². The largest absolute Gasteiger partial charge is 0.278 e. The molecule has 0 radical (unpaired) electrons. The molecule has 0 saturated carbocycles. The van der Waals surface area contributed by atoms with Crippen LogP contribution in [0.5, 0.6) is 0 Å². The number of nitrogens with zero attached hydrogens (tertiary/aromatic N) is 1. The van der Waals surface area contributed by atoms with Gasteiger partial charge in [-0.05, 0) is 0 Å². The van der Waals surface area contributed by atoms with Crippen LogP contribution in [-0.4, -0.2) is 13.4 Å². The molecular weight excluding hydrogens is 228 g/mol. The van der Waals surface area contributed by atoms with E-state index in [9.17, 15) is 12.8 Å². The van der Waals surface area contributed by atoms with E-state index in [1.165, 1.54) is 0 Å². The summed E-state index contributed by atoms with van der Waals surface area (Å²) in [6.07, 6.45) is 0. The Morgan fingerprint density at radius 2 is 2.00 bits per heavy atom. The summed E-state index contributed by atoms with van der Waals surface area (Å²) in [7, 11) is 0.876. The summed E-state index contributed by atoms with van der Waals surface area (Å²) in [5.41, 5.74) is 0. The molecule has 1 aromatic rings.